The van der Waals surface area contributed by atoms with Crippen LogP contribution >= 0.6 is 0 Å². The number of methoxy groups -OCH3 is 1. The summed E-state index contributed by atoms with van der Waals surface area (Å²) in [4.78, 5) is 14.4. The molecule has 2 aromatic carbocycles. The first-order chi connectivity index (χ1) is 13.2. The molecule has 0 radical (unpaired) electrons. The van der Waals surface area contributed by atoms with E-state index in [1.54, 1.807) is 40.1 Å². The van der Waals surface area contributed by atoms with Gasteiger partial charge >= 0.3 is 0 Å². The monoisotopic (exact) mass is 404 g/mol. The van der Waals surface area contributed by atoms with Crippen LogP contribution in [0.25, 0.3) is 0 Å². The standard InChI is InChI=1S/C21H28N2O4S/c1-6-23(28(25,26)20-13-16(2)7-8-17(20)3)15-21(24)22(4)14-18-9-11-19(27-5)12-10-18/h7-13H,6,14-15H2,1-5H3. The minimum Gasteiger partial charge on any atom is -0.497 e. The molecule has 28 heavy (non-hydrogen) atoms. The Morgan fingerprint density at radius 3 is 2.29 bits per heavy atom. The summed E-state index contributed by atoms with van der Waals surface area (Å²) in [7, 11) is -0.476. The molecule has 2 aromatic rings. The lowest BCUT2D eigenvalue weighted by atomic mass is 10.2. The molecule has 0 aromatic heterocycles. The summed E-state index contributed by atoms with van der Waals surface area (Å²) in [6.45, 7) is 5.76. The van der Waals surface area contributed by atoms with E-state index in [4.69, 9.17) is 4.74 Å². The number of nitrogens with zero attached hydrogens (tertiary/aromatic N) is 2. The Hall–Kier alpha value is -2.38. The zero-order valence-corrected chi connectivity index (χ0v) is 17.9. The van der Waals surface area contributed by atoms with E-state index in [-0.39, 0.29) is 23.9 Å². The average molecular weight is 405 g/mol. The fourth-order valence-electron chi connectivity index (χ4n) is 2.86. The third-order valence-electron chi connectivity index (χ3n) is 4.63. The van der Waals surface area contributed by atoms with Crippen LogP contribution in [0, 0.1) is 13.8 Å². The van der Waals surface area contributed by atoms with Crippen molar-refractivity contribution in [2.75, 3.05) is 27.2 Å². The lowest BCUT2D eigenvalue weighted by Crippen LogP contribution is -2.41. The van der Waals surface area contributed by atoms with Crippen molar-refractivity contribution in [1.82, 2.24) is 9.21 Å². The Bertz CT molecular complexity index is 924. The molecule has 0 unspecified atom stereocenters. The van der Waals surface area contributed by atoms with E-state index in [0.717, 1.165) is 16.9 Å². The van der Waals surface area contributed by atoms with E-state index >= 15 is 0 Å². The highest BCUT2D eigenvalue weighted by molar-refractivity contribution is 7.89. The van der Waals surface area contributed by atoms with Gasteiger partial charge in [-0.1, -0.05) is 31.2 Å². The molecular weight excluding hydrogens is 376 g/mol. The highest BCUT2D eigenvalue weighted by Crippen LogP contribution is 2.21. The van der Waals surface area contributed by atoms with Crippen molar-refractivity contribution in [3.63, 3.8) is 0 Å². The summed E-state index contributed by atoms with van der Waals surface area (Å²) in [6.07, 6.45) is 0. The van der Waals surface area contributed by atoms with Crippen molar-refractivity contribution in [3.8, 4) is 5.75 Å². The van der Waals surface area contributed by atoms with E-state index in [9.17, 15) is 13.2 Å². The molecule has 0 aliphatic rings. The number of carbonyl (C=O) groups excluding carboxylic acids is 1. The van der Waals surface area contributed by atoms with E-state index in [0.29, 0.717) is 12.1 Å². The number of amides is 1. The van der Waals surface area contributed by atoms with Gasteiger partial charge in [-0.3, -0.25) is 4.79 Å². The topological polar surface area (TPSA) is 66.9 Å². The van der Waals surface area contributed by atoms with Gasteiger partial charge in [-0.05, 0) is 48.7 Å². The quantitative estimate of drug-likeness (QED) is 0.678. The van der Waals surface area contributed by atoms with E-state index in [2.05, 4.69) is 0 Å². The second kappa shape index (κ2) is 9.21. The van der Waals surface area contributed by atoms with E-state index in [1.165, 1.54) is 9.21 Å². The predicted octanol–water partition coefficient (Wildman–Crippen LogP) is 2.98. The van der Waals surface area contributed by atoms with Gasteiger partial charge in [0.2, 0.25) is 15.9 Å². The van der Waals surface area contributed by atoms with Gasteiger partial charge in [-0.15, -0.1) is 0 Å². The summed E-state index contributed by atoms with van der Waals surface area (Å²) in [6, 6.07) is 12.7. The van der Waals surface area contributed by atoms with Gasteiger partial charge in [-0.25, -0.2) is 8.42 Å². The van der Waals surface area contributed by atoms with Crippen molar-refractivity contribution in [2.24, 2.45) is 0 Å². The molecule has 6 nitrogen and oxygen atoms in total. The molecule has 152 valence electrons. The molecular formula is C21H28N2O4S. The second-order valence-electron chi connectivity index (χ2n) is 6.80. The average Bonchev–Trinajstić information content (AvgIpc) is 2.67. The van der Waals surface area contributed by atoms with Gasteiger partial charge in [0.25, 0.3) is 0 Å². The smallest absolute Gasteiger partial charge is 0.243 e. The number of sulfonamides is 1. The number of aryl methyl sites for hydroxylation is 2. The Balaban J connectivity index is 2.13. The zero-order valence-electron chi connectivity index (χ0n) is 17.1. The summed E-state index contributed by atoms with van der Waals surface area (Å²) >= 11 is 0. The van der Waals surface area contributed by atoms with Crippen molar-refractivity contribution >= 4 is 15.9 Å². The van der Waals surface area contributed by atoms with Crippen LogP contribution in [0.3, 0.4) is 0 Å². The number of rotatable bonds is 8. The van der Waals surface area contributed by atoms with Gasteiger partial charge in [0.15, 0.2) is 0 Å². The molecule has 0 saturated carbocycles. The zero-order chi connectivity index (χ0) is 20.9. The summed E-state index contributed by atoms with van der Waals surface area (Å²) in [5, 5.41) is 0. The normalized spacial score (nSPS) is 11.5. The van der Waals surface area contributed by atoms with Crippen molar-refractivity contribution in [1.29, 1.82) is 0 Å². The third-order valence-corrected chi connectivity index (χ3v) is 6.69. The van der Waals surface area contributed by atoms with Crippen LogP contribution in [0.5, 0.6) is 5.75 Å². The molecule has 0 fully saturated rings. The molecule has 0 spiro atoms. The molecule has 0 atom stereocenters. The van der Waals surface area contributed by atoms with Crippen LogP contribution < -0.4 is 4.74 Å². The number of benzene rings is 2. The van der Waals surface area contributed by atoms with E-state index in [1.807, 2.05) is 37.3 Å². The van der Waals surface area contributed by atoms with Crippen LogP contribution in [-0.2, 0) is 21.4 Å². The SMILES string of the molecule is CCN(CC(=O)N(C)Cc1ccc(OC)cc1)S(=O)(=O)c1cc(C)ccc1C. The van der Waals surface area contributed by atoms with Crippen LogP contribution in [0.2, 0.25) is 0 Å². The Kier molecular flexibility index (Phi) is 7.21. The number of hydrogen-bond donors (Lipinski definition) is 0. The molecule has 1 amide bonds. The first-order valence-electron chi connectivity index (χ1n) is 9.13. The fourth-order valence-corrected chi connectivity index (χ4v) is 4.56. The van der Waals surface area contributed by atoms with Crippen molar-refractivity contribution in [3.05, 3.63) is 59.2 Å². The Morgan fingerprint density at radius 1 is 1.07 bits per heavy atom. The minimum absolute atomic E-state index is 0.196. The van der Waals surface area contributed by atoms with Gasteiger partial charge in [0, 0.05) is 20.1 Å². The van der Waals surface area contributed by atoms with Crippen LogP contribution in [0.4, 0.5) is 0 Å². The first-order valence-corrected chi connectivity index (χ1v) is 10.6. The summed E-state index contributed by atoms with van der Waals surface area (Å²) < 4.78 is 32.5. The number of carbonyl (C=O) groups is 1. The second-order valence-corrected chi connectivity index (χ2v) is 8.70. The number of ether oxygens (including phenoxy) is 1. The maximum absolute atomic E-state index is 13.1. The Morgan fingerprint density at radius 2 is 1.71 bits per heavy atom. The Labute approximate surface area is 167 Å². The highest BCUT2D eigenvalue weighted by atomic mass is 32.2. The van der Waals surface area contributed by atoms with Crippen LogP contribution in [0.15, 0.2) is 47.4 Å². The molecule has 0 N–H and O–H groups in total. The molecule has 0 heterocycles. The molecule has 0 bridgehead atoms. The predicted molar refractivity (Wildman–Crippen MR) is 110 cm³/mol. The number of hydrogen-bond acceptors (Lipinski definition) is 4. The largest absolute Gasteiger partial charge is 0.497 e. The maximum Gasteiger partial charge on any atom is 0.243 e. The number of likely N-dealkylation sites (N-methyl/N-ethyl adjacent to an activating group) is 2. The third kappa shape index (κ3) is 5.11. The van der Waals surface area contributed by atoms with E-state index < -0.39 is 10.0 Å². The summed E-state index contributed by atoms with van der Waals surface area (Å²) in [5.41, 5.74) is 2.48. The van der Waals surface area contributed by atoms with Crippen molar-refractivity contribution in [2.45, 2.75) is 32.2 Å². The van der Waals surface area contributed by atoms with Crippen LogP contribution in [-0.4, -0.2) is 50.8 Å². The van der Waals surface area contributed by atoms with Crippen molar-refractivity contribution < 1.29 is 17.9 Å². The van der Waals surface area contributed by atoms with Gasteiger partial charge in [0.05, 0.1) is 18.6 Å². The van der Waals surface area contributed by atoms with Gasteiger partial charge in [-0.2, -0.15) is 4.31 Å². The molecule has 2 rings (SSSR count). The highest BCUT2D eigenvalue weighted by Gasteiger charge is 2.27. The molecule has 0 saturated heterocycles. The summed E-state index contributed by atoms with van der Waals surface area (Å²) in [5.74, 6) is 0.487. The van der Waals surface area contributed by atoms with Crippen LogP contribution in [0.1, 0.15) is 23.6 Å². The maximum atomic E-state index is 13.1. The first kappa shape index (κ1) is 21.9. The van der Waals surface area contributed by atoms with Gasteiger partial charge < -0.3 is 9.64 Å². The molecule has 7 heteroatoms. The lowest BCUT2D eigenvalue weighted by Gasteiger charge is -2.24. The molecule has 0 aliphatic heterocycles. The van der Waals surface area contributed by atoms with Gasteiger partial charge in [0.1, 0.15) is 5.75 Å². The minimum atomic E-state index is -3.75. The molecule has 0 aliphatic carbocycles. The lowest BCUT2D eigenvalue weighted by molar-refractivity contribution is -0.130. The fraction of sp³-hybridized carbons (Fsp3) is 0.381.